The first kappa shape index (κ1) is 23.9. The van der Waals surface area contributed by atoms with Crippen LogP contribution in [0.3, 0.4) is 0 Å². The van der Waals surface area contributed by atoms with E-state index in [1.165, 1.54) is 25.7 Å². The van der Waals surface area contributed by atoms with Gasteiger partial charge in [-0.1, -0.05) is 53.2 Å². The highest BCUT2D eigenvalue weighted by molar-refractivity contribution is 5.76. The quantitative estimate of drug-likeness (QED) is 0.414. The molecule has 0 aromatic heterocycles. The third-order valence-electron chi connectivity index (χ3n) is 13.5. The monoisotopic (exact) mass is 456 g/mol. The van der Waals surface area contributed by atoms with Gasteiger partial charge in [-0.3, -0.25) is 4.79 Å². The predicted octanol–water partition coefficient (Wildman–Crippen LogP) is 7.09. The molecule has 0 spiro atoms. The number of rotatable bonds is 1. The Hall–Kier alpha value is -0.830. The van der Waals surface area contributed by atoms with Crippen molar-refractivity contribution in [3.05, 3.63) is 11.6 Å². The summed E-state index contributed by atoms with van der Waals surface area (Å²) in [6.45, 7) is 17.0. The summed E-state index contributed by atoms with van der Waals surface area (Å²) >= 11 is 0. The third-order valence-corrected chi connectivity index (χ3v) is 13.5. The van der Waals surface area contributed by atoms with Gasteiger partial charge in [-0.25, -0.2) is 0 Å². The number of aliphatic hydroxyl groups is 1. The number of aliphatic hydroxyl groups excluding tert-OH is 1. The lowest BCUT2D eigenvalue weighted by molar-refractivity contribution is -0.217. The number of allylic oxidation sites excluding steroid dienone is 2. The summed E-state index contributed by atoms with van der Waals surface area (Å²) in [5.41, 5.74) is 1.56. The molecule has 0 aliphatic heterocycles. The number of aliphatic carboxylic acids is 1. The van der Waals surface area contributed by atoms with Crippen LogP contribution in [0.15, 0.2) is 11.6 Å². The van der Waals surface area contributed by atoms with E-state index >= 15 is 0 Å². The van der Waals surface area contributed by atoms with Crippen molar-refractivity contribution in [2.24, 2.45) is 56.7 Å². The third kappa shape index (κ3) is 2.75. The van der Waals surface area contributed by atoms with Crippen molar-refractivity contribution in [3.8, 4) is 0 Å². The Kier molecular flexibility index (Phi) is 5.15. The fraction of sp³-hybridized carbons (Fsp3) is 0.900. The summed E-state index contributed by atoms with van der Waals surface area (Å²) in [5, 5.41) is 21.1. The molecule has 0 aromatic rings. The van der Waals surface area contributed by atoms with Crippen molar-refractivity contribution in [3.63, 3.8) is 0 Å². The maximum atomic E-state index is 12.5. The molecule has 0 radical (unpaired) electrons. The summed E-state index contributed by atoms with van der Waals surface area (Å²) in [7, 11) is 0. The highest BCUT2D eigenvalue weighted by atomic mass is 16.4. The first-order chi connectivity index (χ1) is 15.3. The molecule has 5 aliphatic carbocycles. The topological polar surface area (TPSA) is 57.5 Å². The van der Waals surface area contributed by atoms with Crippen LogP contribution in [0, 0.1) is 56.7 Å². The van der Waals surface area contributed by atoms with Crippen LogP contribution in [0.25, 0.3) is 0 Å². The molecule has 0 aromatic carbocycles. The zero-order valence-corrected chi connectivity index (χ0v) is 22.2. The lowest BCUT2D eigenvalue weighted by Crippen LogP contribution is -2.66. The van der Waals surface area contributed by atoms with Gasteiger partial charge in [0.05, 0.1) is 11.5 Å². The van der Waals surface area contributed by atoms with Crippen molar-refractivity contribution < 1.29 is 15.0 Å². The van der Waals surface area contributed by atoms with Crippen LogP contribution in [0.5, 0.6) is 0 Å². The van der Waals surface area contributed by atoms with Crippen molar-refractivity contribution in [2.75, 3.05) is 0 Å². The van der Waals surface area contributed by atoms with E-state index in [0.717, 1.165) is 37.5 Å². The Balaban J connectivity index is 1.60. The standard InChI is InChI=1S/C30H48O3/c1-18-10-13-26(3)16-17-28(5)20(24(26)19(18)2)8-9-21-27(4)14-12-23(31)30(7,25(32)33)22(27)11-15-29(21,28)6/h8,18-19,21-24,31H,9-17H2,1-7H3,(H,32,33)/t18-,19+,21-,22-,23+,24+,26-,27-,28-,29-,30-/m1/s1. The molecule has 5 rings (SSSR count). The Bertz CT molecular complexity index is 878. The molecule has 5 aliphatic rings. The van der Waals surface area contributed by atoms with Crippen LogP contribution in [0.4, 0.5) is 0 Å². The molecular formula is C30H48O3. The van der Waals surface area contributed by atoms with E-state index in [0.29, 0.717) is 23.7 Å². The lowest BCUT2D eigenvalue weighted by Gasteiger charge is -2.71. The van der Waals surface area contributed by atoms with E-state index in [9.17, 15) is 15.0 Å². The van der Waals surface area contributed by atoms with Crippen LogP contribution < -0.4 is 0 Å². The van der Waals surface area contributed by atoms with Crippen LogP contribution >= 0.6 is 0 Å². The number of hydrogen-bond donors (Lipinski definition) is 2. The maximum absolute atomic E-state index is 12.5. The minimum absolute atomic E-state index is 0.0311. The number of carboxylic acid groups (broad SMARTS) is 1. The van der Waals surface area contributed by atoms with E-state index < -0.39 is 17.5 Å². The van der Waals surface area contributed by atoms with Crippen molar-refractivity contribution >= 4 is 5.97 Å². The summed E-state index contributed by atoms with van der Waals surface area (Å²) in [4.78, 5) is 12.5. The van der Waals surface area contributed by atoms with E-state index in [1.807, 2.05) is 6.92 Å². The molecule has 4 saturated carbocycles. The smallest absolute Gasteiger partial charge is 0.312 e. The van der Waals surface area contributed by atoms with Gasteiger partial charge in [-0.05, 0) is 116 Å². The van der Waals surface area contributed by atoms with Crippen LogP contribution in [-0.2, 0) is 4.79 Å². The first-order valence-corrected chi connectivity index (χ1v) is 13.9. The largest absolute Gasteiger partial charge is 0.481 e. The molecule has 4 fully saturated rings. The van der Waals surface area contributed by atoms with Crippen LogP contribution in [0.2, 0.25) is 0 Å². The number of carbonyl (C=O) groups is 1. The summed E-state index contributed by atoms with van der Waals surface area (Å²) in [5.74, 6) is 1.96. The van der Waals surface area contributed by atoms with Crippen LogP contribution in [-0.4, -0.2) is 22.3 Å². The second-order valence-corrected chi connectivity index (χ2v) is 14.4. The predicted molar refractivity (Wildman–Crippen MR) is 133 cm³/mol. The molecule has 0 saturated heterocycles. The fourth-order valence-electron chi connectivity index (χ4n) is 10.8. The van der Waals surface area contributed by atoms with Gasteiger partial charge in [0.1, 0.15) is 0 Å². The van der Waals surface area contributed by atoms with Crippen molar-refractivity contribution in [1.29, 1.82) is 0 Å². The van der Waals surface area contributed by atoms with Gasteiger partial charge in [-0.15, -0.1) is 0 Å². The Labute approximate surface area is 201 Å². The first-order valence-electron chi connectivity index (χ1n) is 13.9. The lowest BCUT2D eigenvalue weighted by atomic mass is 9.33. The zero-order valence-electron chi connectivity index (χ0n) is 22.2. The molecule has 0 heterocycles. The van der Waals surface area contributed by atoms with Gasteiger partial charge in [0.15, 0.2) is 0 Å². The second-order valence-electron chi connectivity index (χ2n) is 14.4. The molecule has 0 unspecified atom stereocenters. The molecule has 0 bridgehead atoms. The molecule has 2 N–H and O–H groups in total. The molecule has 33 heavy (non-hydrogen) atoms. The van der Waals surface area contributed by atoms with Crippen LogP contribution in [0.1, 0.15) is 106 Å². The highest BCUT2D eigenvalue weighted by Crippen LogP contribution is 2.75. The maximum Gasteiger partial charge on any atom is 0.312 e. The average molecular weight is 457 g/mol. The van der Waals surface area contributed by atoms with Gasteiger partial charge in [0.25, 0.3) is 0 Å². The normalized spacial score (nSPS) is 58.2. The van der Waals surface area contributed by atoms with Gasteiger partial charge < -0.3 is 10.2 Å². The van der Waals surface area contributed by atoms with Gasteiger partial charge >= 0.3 is 5.97 Å². The Morgan fingerprint density at radius 3 is 2.27 bits per heavy atom. The van der Waals surface area contributed by atoms with E-state index in [-0.39, 0.29) is 22.2 Å². The second kappa shape index (κ2) is 7.11. The summed E-state index contributed by atoms with van der Waals surface area (Å²) in [6.07, 6.45) is 12.0. The molecule has 3 heteroatoms. The summed E-state index contributed by atoms with van der Waals surface area (Å²) in [6, 6.07) is 0. The van der Waals surface area contributed by atoms with Gasteiger partial charge in [0.2, 0.25) is 0 Å². The van der Waals surface area contributed by atoms with Crippen molar-refractivity contribution in [2.45, 2.75) is 112 Å². The number of hydrogen-bond acceptors (Lipinski definition) is 2. The molecule has 0 amide bonds. The van der Waals surface area contributed by atoms with E-state index in [2.05, 4.69) is 47.6 Å². The molecule has 11 atom stereocenters. The minimum atomic E-state index is -1.03. The minimum Gasteiger partial charge on any atom is -0.481 e. The van der Waals surface area contributed by atoms with Gasteiger partial charge in [0, 0.05) is 0 Å². The highest BCUT2D eigenvalue weighted by Gasteiger charge is 2.69. The average Bonchev–Trinajstić information content (AvgIpc) is 2.75. The van der Waals surface area contributed by atoms with E-state index in [4.69, 9.17) is 0 Å². The SMILES string of the molecule is C[C@H]1[C@H](C)CC[C@]2(C)CC[C@]3(C)C(=CC[C@@H]4[C@@]5(C)CC[C@H](O)[C@](C)(C(=O)O)[C@@H]5CC[C@]43C)[C@H]12. The zero-order chi connectivity index (χ0) is 24.2. The molecule has 3 nitrogen and oxygen atoms in total. The van der Waals surface area contributed by atoms with Gasteiger partial charge in [-0.2, -0.15) is 0 Å². The molecular weight excluding hydrogens is 408 g/mol. The molecule has 186 valence electrons. The Morgan fingerprint density at radius 1 is 0.909 bits per heavy atom. The Morgan fingerprint density at radius 2 is 1.61 bits per heavy atom. The number of carboxylic acids is 1. The van der Waals surface area contributed by atoms with E-state index in [1.54, 1.807) is 5.57 Å². The summed E-state index contributed by atoms with van der Waals surface area (Å²) < 4.78 is 0. The fourth-order valence-corrected chi connectivity index (χ4v) is 10.8. The van der Waals surface area contributed by atoms with Crippen molar-refractivity contribution in [1.82, 2.24) is 0 Å². The number of fused-ring (bicyclic) bond motifs is 7.